The summed E-state index contributed by atoms with van der Waals surface area (Å²) in [7, 11) is 0. The second kappa shape index (κ2) is 5.94. The summed E-state index contributed by atoms with van der Waals surface area (Å²) in [5, 5.41) is 0. The van der Waals surface area contributed by atoms with E-state index in [0.717, 1.165) is 23.7 Å². The molecule has 0 bridgehead atoms. The van der Waals surface area contributed by atoms with Gasteiger partial charge in [0.1, 0.15) is 6.33 Å². The van der Waals surface area contributed by atoms with E-state index in [1.54, 1.807) is 6.33 Å². The van der Waals surface area contributed by atoms with Crippen LogP contribution in [0.4, 0.5) is 0 Å². The van der Waals surface area contributed by atoms with E-state index in [1.165, 1.54) is 38.5 Å². The summed E-state index contributed by atoms with van der Waals surface area (Å²) < 4.78 is 0. The van der Waals surface area contributed by atoms with Gasteiger partial charge in [0.25, 0.3) is 0 Å². The summed E-state index contributed by atoms with van der Waals surface area (Å²) in [5.74, 6) is 0.921. The van der Waals surface area contributed by atoms with E-state index in [2.05, 4.69) is 9.97 Å². The highest BCUT2D eigenvalue weighted by molar-refractivity contribution is 5.08. The fourth-order valence-electron chi connectivity index (χ4n) is 2.52. The zero-order valence-corrected chi connectivity index (χ0v) is 9.86. The van der Waals surface area contributed by atoms with Gasteiger partial charge in [0.05, 0.1) is 5.69 Å². The van der Waals surface area contributed by atoms with Crippen molar-refractivity contribution in [1.82, 2.24) is 9.97 Å². The van der Waals surface area contributed by atoms with Crippen LogP contribution in [-0.4, -0.2) is 9.97 Å². The van der Waals surface area contributed by atoms with Gasteiger partial charge in [-0.05, 0) is 24.8 Å². The molecule has 0 unspecified atom stereocenters. The topological polar surface area (TPSA) is 51.8 Å². The van der Waals surface area contributed by atoms with Gasteiger partial charge in [0.15, 0.2) is 0 Å². The van der Waals surface area contributed by atoms with Crippen LogP contribution in [0.3, 0.4) is 0 Å². The van der Waals surface area contributed by atoms with Crippen molar-refractivity contribution in [2.75, 3.05) is 0 Å². The summed E-state index contributed by atoms with van der Waals surface area (Å²) in [6.07, 6.45) is 11.1. The minimum absolute atomic E-state index is 0.513. The smallest absolute Gasteiger partial charge is 0.115 e. The molecule has 0 aliphatic heterocycles. The van der Waals surface area contributed by atoms with Crippen molar-refractivity contribution in [3.8, 4) is 0 Å². The molecule has 88 valence electrons. The number of nitrogens with zero attached hydrogens (tertiary/aromatic N) is 2. The first-order valence-corrected chi connectivity index (χ1v) is 6.38. The molecule has 1 aliphatic rings. The van der Waals surface area contributed by atoms with Gasteiger partial charge in [-0.1, -0.05) is 32.1 Å². The third-order valence-electron chi connectivity index (χ3n) is 3.52. The highest BCUT2D eigenvalue weighted by Gasteiger charge is 2.13. The minimum Gasteiger partial charge on any atom is -0.325 e. The average Bonchev–Trinajstić information content (AvgIpc) is 2.38. The average molecular weight is 219 g/mol. The molecular formula is C13H21N3. The van der Waals surface area contributed by atoms with Gasteiger partial charge >= 0.3 is 0 Å². The molecule has 3 nitrogen and oxygen atoms in total. The molecule has 0 radical (unpaired) electrons. The van der Waals surface area contributed by atoms with Gasteiger partial charge in [-0.25, -0.2) is 9.97 Å². The van der Waals surface area contributed by atoms with E-state index in [0.29, 0.717) is 6.54 Å². The number of rotatable bonds is 4. The Hall–Kier alpha value is -0.960. The Morgan fingerprint density at radius 3 is 2.62 bits per heavy atom. The molecule has 0 aromatic carbocycles. The van der Waals surface area contributed by atoms with Crippen molar-refractivity contribution in [3.63, 3.8) is 0 Å². The molecule has 1 aromatic heterocycles. The Morgan fingerprint density at radius 2 is 1.88 bits per heavy atom. The molecule has 1 heterocycles. The third-order valence-corrected chi connectivity index (χ3v) is 3.52. The molecule has 16 heavy (non-hydrogen) atoms. The first-order chi connectivity index (χ1) is 7.88. The van der Waals surface area contributed by atoms with Crippen LogP contribution in [0, 0.1) is 5.92 Å². The maximum atomic E-state index is 5.57. The Balaban J connectivity index is 1.83. The second-order valence-electron chi connectivity index (χ2n) is 4.75. The molecule has 0 amide bonds. The van der Waals surface area contributed by atoms with Crippen molar-refractivity contribution in [3.05, 3.63) is 23.8 Å². The molecular weight excluding hydrogens is 198 g/mol. The predicted molar refractivity (Wildman–Crippen MR) is 64.8 cm³/mol. The first-order valence-electron chi connectivity index (χ1n) is 6.38. The van der Waals surface area contributed by atoms with E-state index >= 15 is 0 Å². The zero-order valence-electron chi connectivity index (χ0n) is 9.86. The van der Waals surface area contributed by atoms with Gasteiger partial charge in [-0.15, -0.1) is 0 Å². The number of aryl methyl sites for hydroxylation is 1. The van der Waals surface area contributed by atoms with Crippen molar-refractivity contribution < 1.29 is 0 Å². The highest BCUT2D eigenvalue weighted by Crippen LogP contribution is 2.27. The summed E-state index contributed by atoms with van der Waals surface area (Å²) in [4.78, 5) is 8.42. The fourth-order valence-corrected chi connectivity index (χ4v) is 2.52. The summed E-state index contributed by atoms with van der Waals surface area (Å²) in [6.45, 7) is 0.513. The summed E-state index contributed by atoms with van der Waals surface area (Å²) in [6, 6.07) is 2.04. The van der Waals surface area contributed by atoms with Crippen LogP contribution in [-0.2, 0) is 13.0 Å². The molecule has 2 N–H and O–H groups in total. The minimum atomic E-state index is 0.513. The molecule has 1 saturated carbocycles. The second-order valence-corrected chi connectivity index (χ2v) is 4.75. The standard InChI is InChI=1S/C13H21N3/c14-9-13-8-12(15-10-16-13)7-6-11-4-2-1-3-5-11/h8,10-11H,1-7,9,14H2. The van der Waals surface area contributed by atoms with Gasteiger partial charge < -0.3 is 5.73 Å². The number of aromatic nitrogens is 2. The van der Waals surface area contributed by atoms with Crippen LogP contribution in [0.5, 0.6) is 0 Å². The SMILES string of the molecule is NCc1cc(CCC2CCCCC2)ncn1. The lowest BCUT2D eigenvalue weighted by atomic mass is 9.86. The van der Waals surface area contributed by atoms with Crippen LogP contribution in [0.2, 0.25) is 0 Å². The van der Waals surface area contributed by atoms with Crippen LogP contribution in [0.15, 0.2) is 12.4 Å². The molecule has 2 rings (SSSR count). The van der Waals surface area contributed by atoms with Crippen LogP contribution in [0.25, 0.3) is 0 Å². The molecule has 0 saturated heterocycles. The fraction of sp³-hybridized carbons (Fsp3) is 0.692. The van der Waals surface area contributed by atoms with Crippen molar-refractivity contribution in [1.29, 1.82) is 0 Å². The van der Waals surface area contributed by atoms with Gasteiger partial charge in [-0.3, -0.25) is 0 Å². The molecule has 1 aliphatic carbocycles. The van der Waals surface area contributed by atoms with E-state index < -0.39 is 0 Å². The largest absolute Gasteiger partial charge is 0.325 e. The lowest BCUT2D eigenvalue weighted by Crippen LogP contribution is -2.08. The van der Waals surface area contributed by atoms with Crippen molar-refractivity contribution >= 4 is 0 Å². The van der Waals surface area contributed by atoms with Crippen molar-refractivity contribution in [2.24, 2.45) is 11.7 Å². The van der Waals surface area contributed by atoms with Gasteiger partial charge in [0, 0.05) is 12.2 Å². The van der Waals surface area contributed by atoms with Gasteiger partial charge in [-0.2, -0.15) is 0 Å². The van der Waals surface area contributed by atoms with E-state index in [-0.39, 0.29) is 0 Å². The quantitative estimate of drug-likeness (QED) is 0.846. The Bertz CT molecular complexity index is 319. The molecule has 1 fully saturated rings. The lowest BCUT2D eigenvalue weighted by molar-refractivity contribution is 0.338. The first kappa shape index (κ1) is 11.5. The maximum absolute atomic E-state index is 5.57. The molecule has 0 spiro atoms. The van der Waals surface area contributed by atoms with Crippen LogP contribution >= 0.6 is 0 Å². The van der Waals surface area contributed by atoms with E-state index in [9.17, 15) is 0 Å². The molecule has 0 atom stereocenters. The zero-order chi connectivity index (χ0) is 11.2. The number of nitrogens with two attached hydrogens (primary N) is 1. The summed E-state index contributed by atoms with van der Waals surface area (Å²) >= 11 is 0. The summed E-state index contributed by atoms with van der Waals surface area (Å²) in [5.41, 5.74) is 7.67. The number of hydrogen-bond donors (Lipinski definition) is 1. The maximum Gasteiger partial charge on any atom is 0.115 e. The Kier molecular flexibility index (Phi) is 4.28. The van der Waals surface area contributed by atoms with Crippen molar-refractivity contribution in [2.45, 2.75) is 51.5 Å². The van der Waals surface area contributed by atoms with Gasteiger partial charge in [0.2, 0.25) is 0 Å². The highest BCUT2D eigenvalue weighted by atomic mass is 14.8. The van der Waals surface area contributed by atoms with E-state index in [1.807, 2.05) is 6.07 Å². The van der Waals surface area contributed by atoms with E-state index in [4.69, 9.17) is 5.73 Å². The Morgan fingerprint density at radius 1 is 1.12 bits per heavy atom. The third kappa shape index (κ3) is 3.27. The molecule has 1 aromatic rings. The van der Waals surface area contributed by atoms with Crippen LogP contribution < -0.4 is 5.73 Å². The normalized spacial score (nSPS) is 17.6. The Labute approximate surface area is 97.5 Å². The monoisotopic (exact) mass is 219 g/mol. The predicted octanol–water partition coefficient (Wildman–Crippen LogP) is 2.45. The molecule has 3 heteroatoms. The van der Waals surface area contributed by atoms with Crippen LogP contribution in [0.1, 0.15) is 49.9 Å². The lowest BCUT2D eigenvalue weighted by Gasteiger charge is -2.21. The number of hydrogen-bond acceptors (Lipinski definition) is 3.